The van der Waals surface area contributed by atoms with E-state index in [0.29, 0.717) is 5.56 Å². The summed E-state index contributed by atoms with van der Waals surface area (Å²) >= 11 is 0. The number of hydrogen-bond acceptors (Lipinski definition) is 2. The first-order valence-electron chi connectivity index (χ1n) is 7.17. The molecule has 0 saturated carbocycles. The van der Waals surface area contributed by atoms with Crippen LogP contribution in [-0.4, -0.2) is 5.78 Å². The highest BCUT2D eigenvalue weighted by atomic mass is 16.5. The molecule has 0 saturated heterocycles. The van der Waals surface area contributed by atoms with Crippen LogP contribution in [0.5, 0.6) is 11.5 Å². The minimum absolute atomic E-state index is 0.0162. The van der Waals surface area contributed by atoms with Gasteiger partial charge in [0, 0.05) is 11.1 Å². The summed E-state index contributed by atoms with van der Waals surface area (Å²) in [4.78, 5) is 11.3. The van der Waals surface area contributed by atoms with Gasteiger partial charge in [-0.15, -0.1) is 0 Å². The van der Waals surface area contributed by atoms with Crippen LogP contribution in [0.4, 0.5) is 0 Å². The molecule has 2 rings (SSSR count). The van der Waals surface area contributed by atoms with Gasteiger partial charge in [-0.1, -0.05) is 32.9 Å². The van der Waals surface area contributed by atoms with Gasteiger partial charge in [0.2, 0.25) is 0 Å². The number of ether oxygens (including phenoxy) is 1. The molecular formula is C19H22O2. The van der Waals surface area contributed by atoms with Crippen molar-refractivity contribution < 1.29 is 9.53 Å². The second-order valence-corrected chi connectivity index (χ2v) is 6.43. The third-order valence-corrected chi connectivity index (χ3v) is 3.43. The minimum Gasteiger partial charge on any atom is -0.457 e. The van der Waals surface area contributed by atoms with Gasteiger partial charge in [-0.2, -0.15) is 0 Å². The third kappa shape index (κ3) is 3.72. The molecule has 2 nitrogen and oxygen atoms in total. The molecule has 21 heavy (non-hydrogen) atoms. The molecular weight excluding hydrogens is 260 g/mol. The lowest BCUT2D eigenvalue weighted by molar-refractivity contribution is 0.101. The average molecular weight is 282 g/mol. The SMILES string of the molecule is CC(=O)c1ccc(Oc2cc(C)ccc2C(C)(C)C)cc1. The summed E-state index contributed by atoms with van der Waals surface area (Å²) < 4.78 is 6.04. The Balaban J connectivity index is 2.34. The van der Waals surface area contributed by atoms with Crippen LogP contribution in [0.3, 0.4) is 0 Å². The first-order valence-corrected chi connectivity index (χ1v) is 7.17. The summed E-state index contributed by atoms with van der Waals surface area (Å²) in [5, 5.41) is 0. The zero-order valence-electron chi connectivity index (χ0n) is 13.4. The number of benzene rings is 2. The van der Waals surface area contributed by atoms with Gasteiger partial charge in [0.25, 0.3) is 0 Å². The van der Waals surface area contributed by atoms with Gasteiger partial charge in [-0.25, -0.2) is 0 Å². The second kappa shape index (κ2) is 5.72. The van der Waals surface area contributed by atoms with Gasteiger partial charge in [0.1, 0.15) is 11.5 Å². The Bertz CT molecular complexity index is 646. The zero-order chi connectivity index (χ0) is 15.6. The summed E-state index contributed by atoms with van der Waals surface area (Å²) in [7, 11) is 0. The van der Waals surface area contributed by atoms with E-state index < -0.39 is 0 Å². The number of carbonyl (C=O) groups is 1. The lowest BCUT2D eigenvalue weighted by Crippen LogP contribution is -2.12. The molecule has 2 aromatic rings. The van der Waals surface area contributed by atoms with E-state index in [-0.39, 0.29) is 11.2 Å². The van der Waals surface area contributed by atoms with Gasteiger partial charge in [-0.3, -0.25) is 4.79 Å². The van der Waals surface area contributed by atoms with Crippen LogP contribution < -0.4 is 4.74 Å². The molecule has 0 aliphatic carbocycles. The van der Waals surface area contributed by atoms with Gasteiger partial charge >= 0.3 is 0 Å². The van der Waals surface area contributed by atoms with Crippen molar-refractivity contribution in [1.82, 2.24) is 0 Å². The molecule has 0 fully saturated rings. The molecule has 0 N–H and O–H groups in total. The molecule has 110 valence electrons. The highest BCUT2D eigenvalue weighted by Gasteiger charge is 2.19. The fourth-order valence-electron chi connectivity index (χ4n) is 2.22. The Kier molecular flexibility index (Phi) is 4.17. The van der Waals surface area contributed by atoms with Crippen LogP contribution in [0.2, 0.25) is 0 Å². The van der Waals surface area contributed by atoms with Crippen LogP contribution in [0.25, 0.3) is 0 Å². The van der Waals surface area contributed by atoms with Crippen molar-refractivity contribution in [2.45, 2.75) is 40.0 Å². The molecule has 0 aliphatic rings. The van der Waals surface area contributed by atoms with E-state index in [2.05, 4.69) is 45.9 Å². The quantitative estimate of drug-likeness (QED) is 0.715. The van der Waals surface area contributed by atoms with Crippen molar-refractivity contribution in [3.63, 3.8) is 0 Å². The van der Waals surface area contributed by atoms with E-state index in [0.717, 1.165) is 11.5 Å². The fourth-order valence-corrected chi connectivity index (χ4v) is 2.22. The van der Waals surface area contributed by atoms with Crippen LogP contribution in [0.1, 0.15) is 49.2 Å². The van der Waals surface area contributed by atoms with Gasteiger partial charge in [-0.05, 0) is 55.2 Å². The maximum absolute atomic E-state index is 11.3. The Morgan fingerprint density at radius 3 is 2.14 bits per heavy atom. The van der Waals surface area contributed by atoms with Crippen LogP contribution in [0.15, 0.2) is 42.5 Å². The van der Waals surface area contributed by atoms with Crippen molar-refractivity contribution in [1.29, 1.82) is 0 Å². The molecule has 0 heterocycles. The Hall–Kier alpha value is -2.09. The first-order chi connectivity index (χ1) is 9.77. The number of Topliss-reactive ketones (excluding diaryl/α,β-unsaturated/α-hetero) is 1. The van der Waals surface area contributed by atoms with E-state index in [9.17, 15) is 4.79 Å². The fraction of sp³-hybridized carbons (Fsp3) is 0.316. The number of rotatable bonds is 3. The molecule has 0 spiro atoms. The van der Waals surface area contributed by atoms with Crippen molar-refractivity contribution in [2.75, 3.05) is 0 Å². The summed E-state index contributed by atoms with van der Waals surface area (Å²) in [6.45, 7) is 10.1. The molecule has 0 amide bonds. The number of hydrogen-bond donors (Lipinski definition) is 0. The van der Waals surface area contributed by atoms with E-state index in [1.165, 1.54) is 11.1 Å². The predicted molar refractivity (Wildman–Crippen MR) is 86.4 cm³/mol. The average Bonchev–Trinajstić information content (AvgIpc) is 2.38. The largest absolute Gasteiger partial charge is 0.457 e. The normalized spacial score (nSPS) is 11.3. The lowest BCUT2D eigenvalue weighted by Gasteiger charge is -2.23. The smallest absolute Gasteiger partial charge is 0.159 e. The highest BCUT2D eigenvalue weighted by Crippen LogP contribution is 2.34. The molecule has 0 aliphatic heterocycles. The second-order valence-electron chi connectivity index (χ2n) is 6.43. The van der Waals surface area contributed by atoms with Crippen LogP contribution in [0, 0.1) is 6.92 Å². The lowest BCUT2D eigenvalue weighted by atomic mass is 9.86. The molecule has 2 heteroatoms. The molecule has 0 aromatic heterocycles. The van der Waals surface area contributed by atoms with Crippen LogP contribution >= 0.6 is 0 Å². The van der Waals surface area contributed by atoms with Crippen molar-refractivity contribution in [3.8, 4) is 11.5 Å². The Morgan fingerprint density at radius 1 is 1.00 bits per heavy atom. The summed E-state index contributed by atoms with van der Waals surface area (Å²) in [6.07, 6.45) is 0. The number of ketones is 1. The van der Waals surface area contributed by atoms with Gasteiger partial charge in [0.15, 0.2) is 5.78 Å². The number of carbonyl (C=O) groups excluding carboxylic acids is 1. The van der Waals surface area contributed by atoms with Crippen molar-refractivity contribution in [2.24, 2.45) is 0 Å². The predicted octanol–water partition coefficient (Wildman–Crippen LogP) is 5.29. The zero-order valence-corrected chi connectivity index (χ0v) is 13.4. The standard InChI is InChI=1S/C19H22O2/c1-13-6-11-17(19(3,4)5)18(12-13)21-16-9-7-15(8-10-16)14(2)20/h6-12H,1-5H3. The van der Waals surface area contributed by atoms with Gasteiger partial charge < -0.3 is 4.74 Å². The molecule has 2 aromatic carbocycles. The van der Waals surface area contributed by atoms with Crippen molar-refractivity contribution in [3.05, 3.63) is 59.2 Å². The van der Waals surface area contributed by atoms with E-state index in [1.54, 1.807) is 19.1 Å². The third-order valence-electron chi connectivity index (χ3n) is 3.43. The monoisotopic (exact) mass is 282 g/mol. The Morgan fingerprint density at radius 2 is 1.62 bits per heavy atom. The number of aryl methyl sites for hydroxylation is 1. The Labute approximate surface area is 126 Å². The summed E-state index contributed by atoms with van der Waals surface area (Å²) in [5.41, 5.74) is 3.05. The molecule has 0 bridgehead atoms. The summed E-state index contributed by atoms with van der Waals surface area (Å²) in [5.74, 6) is 1.68. The van der Waals surface area contributed by atoms with Crippen LogP contribution in [-0.2, 0) is 5.41 Å². The molecule has 0 atom stereocenters. The van der Waals surface area contributed by atoms with E-state index >= 15 is 0 Å². The van der Waals surface area contributed by atoms with E-state index in [4.69, 9.17) is 4.74 Å². The molecule has 0 unspecified atom stereocenters. The van der Waals surface area contributed by atoms with Gasteiger partial charge in [0.05, 0.1) is 0 Å². The topological polar surface area (TPSA) is 26.3 Å². The van der Waals surface area contributed by atoms with Crippen molar-refractivity contribution >= 4 is 5.78 Å². The summed E-state index contributed by atoms with van der Waals surface area (Å²) in [6, 6.07) is 13.5. The maximum Gasteiger partial charge on any atom is 0.159 e. The molecule has 0 radical (unpaired) electrons. The minimum atomic E-state index is 0.0162. The van der Waals surface area contributed by atoms with E-state index in [1.807, 2.05) is 12.1 Å². The highest BCUT2D eigenvalue weighted by molar-refractivity contribution is 5.94. The maximum atomic E-state index is 11.3. The first kappa shape index (κ1) is 15.3.